The molecule has 1 aliphatic rings. The van der Waals surface area contributed by atoms with E-state index in [2.05, 4.69) is 0 Å². The molecule has 1 heterocycles. The normalized spacial score (nSPS) is 28.4. The summed E-state index contributed by atoms with van der Waals surface area (Å²) in [5.74, 6) is -0.923. The highest BCUT2D eigenvalue weighted by molar-refractivity contribution is 5.72. The maximum atomic E-state index is 12.0. The first-order valence-electron chi connectivity index (χ1n) is 7.18. The van der Waals surface area contributed by atoms with E-state index in [1.165, 1.54) is 10.5 Å². The highest BCUT2D eigenvalue weighted by atomic mass is 16.6. The van der Waals surface area contributed by atoms with E-state index in [0.29, 0.717) is 12.8 Å². The third kappa shape index (κ3) is 3.97. The van der Waals surface area contributed by atoms with Crippen molar-refractivity contribution in [1.29, 1.82) is 0 Å². The fourth-order valence-electron chi connectivity index (χ4n) is 2.43. The number of carbonyl (C=O) groups excluding carboxylic acids is 1. The van der Waals surface area contributed by atoms with E-state index in [1.54, 1.807) is 13.8 Å². The van der Waals surface area contributed by atoms with E-state index in [4.69, 9.17) is 9.84 Å². The highest BCUT2D eigenvalue weighted by Crippen LogP contribution is 2.40. The van der Waals surface area contributed by atoms with E-state index >= 15 is 0 Å². The number of carboxylic acid groups (broad SMARTS) is 1. The molecule has 0 aliphatic carbocycles. The van der Waals surface area contributed by atoms with Gasteiger partial charge in [-0.3, -0.25) is 9.69 Å². The Labute approximate surface area is 125 Å². The van der Waals surface area contributed by atoms with Crippen molar-refractivity contribution in [3.05, 3.63) is 11.6 Å². The summed E-state index contributed by atoms with van der Waals surface area (Å²) in [4.78, 5) is 23.7. The Morgan fingerprint density at radius 1 is 1.38 bits per heavy atom. The first kappa shape index (κ1) is 17.5. The lowest BCUT2D eigenvalue weighted by molar-refractivity contribution is -0.142. The van der Waals surface area contributed by atoms with Gasteiger partial charge in [-0.15, -0.1) is 0 Å². The van der Waals surface area contributed by atoms with E-state index in [9.17, 15) is 14.7 Å². The highest BCUT2D eigenvalue weighted by Gasteiger charge is 2.58. The van der Waals surface area contributed by atoms with Crippen LogP contribution in [0.2, 0.25) is 0 Å². The average Bonchev–Trinajstić information content (AvgIpc) is 2.48. The van der Waals surface area contributed by atoms with Crippen molar-refractivity contribution in [3.8, 4) is 0 Å². The molecule has 0 bridgehead atoms. The maximum absolute atomic E-state index is 12.0. The molecule has 1 amide bonds. The largest absolute Gasteiger partial charge is 0.481 e. The summed E-state index contributed by atoms with van der Waals surface area (Å²) in [6, 6.07) is 0. The Bertz CT molecular complexity index is 439. The van der Waals surface area contributed by atoms with Gasteiger partial charge in [0.1, 0.15) is 0 Å². The summed E-state index contributed by atoms with van der Waals surface area (Å²) in [6.45, 7) is 7.39. The van der Waals surface area contributed by atoms with Gasteiger partial charge in [-0.1, -0.05) is 11.6 Å². The Hall–Kier alpha value is -1.56. The topological polar surface area (TPSA) is 87.1 Å². The fraction of sp³-hybridized carbons (Fsp3) is 0.733. The molecular weight excluding hydrogens is 274 g/mol. The number of hydrogen-bond donors (Lipinski definition) is 2. The minimum atomic E-state index is -1.45. The lowest BCUT2D eigenvalue weighted by atomic mass is 9.88. The SMILES string of the molecule is CC(C)=CCC[C@]1(C)OC(=O)N(CCCC(=O)O)[C@]1(C)O. The molecule has 0 aromatic heterocycles. The molecule has 0 unspecified atom stereocenters. The van der Waals surface area contributed by atoms with Crippen molar-refractivity contribution in [2.24, 2.45) is 0 Å². The third-order valence-corrected chi connectivity index (χ3v) is 4.01. The maximum Gasteiger partial charge on any atom is 0.412 e. The third-order valence-electron chi connectivity index (χ3n) is 4.01. The number of nitrogens with zero attached hydrogens (tertiary/aromatic N) is 1. The standard InChI is InChI=1S/C15H25NO5/c1-11(2)7-5-9-14(3)15(4,20)16(13(19)21-14)10-6-8-12(17)18/h7,20H,5-6,8-10H2,1-4H3,(H,17,18)/t14-,15+/m0/s1. The molecule has 0 saturated carbocycles. The number of amides is 1. The number of ether oxygens (including phenoxy) is 1. The van der Waals surface area contributed by atoms with E-state index in [-0.39, 0.29) is 19.4 Å². The second kappa shape index (κ2) is 6.47. The molecule has 0 aromatic rings. The van der Waals surface area contributed by atoms with Gasteiger partial charge in [0, 0.05) is 13.0 Å². The van der Waals surface area contributed by atoms with Gasteiger partial charge in [-0.05, 0) is 47.0 Å². The van der Waals surface area contributed by atoms with E-state index in [0.717, 1.165) is 0 Å². The zero-order valence-corrected chi connectivity index (χ0v) is 13.2. The van der Waals surface area contributed by atoms with Crippen LogP contribution in [-0.4, -0.2) is 45.0 Å². The van der Waals surface area contributed by atoms with Crippen LogP contribution in [0.3, 0.4) is 0 Å². The number of carboxylic acids is 1. The number of aliphatic carboxylic acids is 1. The van der Waals surface area contributed by atoms with Gasteiger partial charge in [0.25, 0.3) is 0 Å². The smallest absolute Gasteiger partial charge is 0.412 e. The van der Waals surface area contributed by atoms with Gasteiger partial charge in [-0.2, -0.15) is 0 Å². The first-order chi connectivity index (χ1) is 9.60. The number of aliphatic hydroxyl groups is 1. The van der Waals surface area contributed by atoms with Crippen molar-refractivity contribution in [3.63, 3.8) is 0 Å². The molecule has 1 aliphatic heterocycles. The van der Waals surface area contributed by atoms with Crippen LogP contribution < -0.4 is 0 Å². The Kier molecular flexibility index (Phi) is 5.39. The fourth-order valence-corrected chi connectivity index (χ4v) is 2.43. The molecule has 1 saturated heterocycles. The predicted octanol–water partition coefficient (Wildman–Crippen LogP) is 2.52. The number of cyclic esters (lactones) is 1. The molecule has 0 spiro atoms. The van der Waals surface area contributed by atoms with Crippen LogP contribution in [0.4, 0.5) is 4.79 Å². The van der Waals surface area contributed by atoms with Crippen LogP contribution in [0.5, 0.6) is 0 Å². The minimum Gasteiger partial charge on any atom is -0.481 e. The van der Waals surface area contributed by atoms with Crippen LogP contribution in [-0.2, 0) is 9.53 Å². The monoisotopic (exact) mass is 299 g/mol. The molecule has 120 valence electrons. The van der Waals surface area contributed by atoms with Gasteiger partial charge in [0.15, 0.2) is 11.3 Å². The number of rotatable bonds is 7. The zero-order chi connectivity index (χ0) is 16.3. The second-order valence-electron chi connectivity index (χ2n) is 6.09. The van der Waals surface area contributed by atoms with E-state index < -0.39 is 23.4 Å². The van der Waals surface area contributed by atoms with Crippen LogP contribution in [0.15, 0.2) is 11.6 Å². The minimum absolute atomic E-state index is 0.0473. The molecule has 21 heavy (non-hydrogen) atoms. The number of hydrogen-bond acceptors (Lipinski definition) is 4. The Morgan fingerprint density at radius 3 is 2.52 bits per heavy atom. The first-order valence-corrected chi connectivity index (χ1v) is 7.18. The van der Waals surface area contributed by atoms with Crippen LogP contribution in [0, 0.1) is 0 Å². The van der Waals surface area contributed by atoms with Crippen molar-refractivity contribution < 1.29 is 24.5 Å². The van der Waals surface area contributed by atoms with Crippen molar-refractivity contribution in [2.75, 3.05) is 6.54 Å². The molecule has 1 rings (SSSR count). The van der Waals surface area contributed by atoms with Crippen LogP contribution in [0.1, 0.15) is 53.4 Å². The molecule has 2 atom stereocenters. The molecular formula is C15H25NO5. The second-order valence-corrected chi connectivity index (χ2v) is 6.09. The zero-order valence-electron chi connectivity index (χ0n) is 13.2. The lowest BCUT2D eigenvalue weighted by Crippen LogP contribution is -2.55. The van der Waals surface area contributed by atoms with Gasteiger partial charge >= 0.3 is 12.1 Å². The summed E-state index contributed by atoms with van der Waals surface area (Å²) in [5, 5.41) is 19.3. The van der Waals surface area contributed by atoms with Crippen molar-refractivity contribution >= 4 is 12.1 Å². The predicted molar refractivity (Wildman–Crippen MR) is 77.8 cm³/mol. The molecule has 0 aromatic carbocycles. The van der Waals surface area contributed by atoms with E-state index in [1.807, 2.05) is 19.9 Å². The lowest BCUT2D eigenvalue weighted by Gasteiger charge is -2.37. The van der Waals surface area contributed by atoms with Gasteiger partial charge in [0.05, 0.1) is 0 Å². The van der Waals surface area contributed by atoms with Crippen molar-refractivity contribution in [1.82, 2.24) is 4.90 Å². The Morgan fingerprint density at radius 2 is 2.00 bits per heavy atom. The summed E-state index contributed by atoms with van der Waals surface area (Å²) < 4.78 is 5.38. The van der Waals surface area contributed by atoms with Gasteiger partial charge in [0.2, 0.25) is 0 Å². The molecule has 6 nitrogen and oxygen atoms in total. The molecule has 6 heteroatoms. The van der Waals surface area contributed by atoms with Crippen molar-refractivity contribution in [2.45, 2.75) is 64.7 Å². The number of carbonyl (C=O) groups is 2. The van der Waals surface area contributed by atoms with Gasteiger partial charge in [-0.25, -0.2) is 4.79 Å². The summed E-state index contributed by atoms with van der Waals surface area (Å²) in [5.41, 5.74) is -1.28. The summed E-state index contributed by atoms with van der Waals surface area (Å²) in [6.07, 6.45) is 2.88. The molecule has 2 N–H and O–H groups in total. The number of allylic oxidation sites excluding steroid dienone is 2. The Balaban J connectivity index is 2.74. The van der Waals surface area contributed by atoms with Crippen LogP contribution in [0.25, 0.3) is 0 Å². The summed E-state index contributed by atoms with van der Waals surface area (Å²) in [7, 11) is 0. The quantitative estimate of drug-likeness (QED) is 0.705. The summed E-state index contributed by atoms with van der Waals surface area (Å²) >= 11 is 0. The van der Waals surface area contributed by atoms with Gasteiger partial charge < -0.3 is 14.9 Å². The average molecular weight is 299 g/mol. The molecule has 0 radical (unpaired) electrons. The molecule has 1 fully saturated rings. The van der Waals surface area contributed by atoms with Crippen LogP contribution >= 0.6 is 0 Å².